The van der Waals surface area contributed by atoms with Gasteiger partial charge in [-0.1, -0.05) is 70.2 Å². The lowest BCUT2D eigenvalue weighted by atomic mass is 10.0. The first-order valence-corrected chi connectivity index (χ1v) is 10.9. The molecule has 0 aliphatic carbocycles. The Bertz CT molecular complexity index is 835. The quantitative estimate of drug-likeness (QED) is 0.577. The van der Waals surface area contributed by atoms with Crippen LogP contribution in [0.3, 0.4) is 0 Å². The predicted octanol–water partition coefficient (Wildman–Crippen LogP) is 3.65. The molecule has 2 N–H and O–H groups in total. The van der Waals surface area contributed by atoms with Crippen molar-refractivity contribution >= 4 is 11.8 Å². The minimum absolute atomic E-state index is 0.0673. The fourth-order valence-corrected chi connectivity index (χ4v) is 3.69. The zero-order chi connectivity index (χ0) is 22.8. The van der Waals surface area contributed by atoms with E-state index in [4.69, 9.17) is 4.74 Å². The van der Waals surface area contributed by atoms with Crippen molar-refractivity contribution in [3.05, 3.63) is 65.7 Å². The third-order valence-electron chi connectivity index (χ3n) is 5.49. The summed E-state index contributed by atoms with van der Waals surface area (Å²) in [4.78, 5) is 28.2. The van der Waals surface area contributed by atoms with Gasteiger partial charge in [-0.3, -0.25) is 14.5 Å². The van der Waals surface area contributed by atoms with E-state index < -0.39 is 6.04 Å². The van der Waals surface area contributed by atoms with Gasteiger partial charge >= 0.3 is 0 Å². The van der Waals surface area contributed by atoms with E-state index in [1.807, 2.05) is 32.0 Å². The number of amides is 2. The second-order valence-electron chi connectivity index (χ2n) is 7.79. The molecule has 0 aromatic heterocycles. The normalized spacial score (nSPS) is 13.0. The van der Waals surface area contributed by atoms with Crippen molar-refractivity contribution in [2.75, 3.05) is 26.7 Å². The number of carbonyl (C=O) groups excluding carboxylic acids is 2. The Kier molecular flexibility index (Phi) is 9.53. The van der Waals surface area contributed by atoms with Gasteiger partial charge in [-0.25, -0.2) is 0 Å². The maximum Gasteiger partial charge on any atom is 0.255 e. The first-order chi connectivity index (χ1) is 14.9. The summed E-state index contributed by atoms with van der Waals surface area (Å²) in [6.07, 6.45) is 0. The number of ether oxygens (including phenoxy) is 1. The average molecular weight is 426 g/mol. The van der Waals surface area contributed by atoms with Crippen molar-refractivity contribution < 1.29 is 14.3 Å². The number of nitrogens with one attached hydrogen (secondary N) is 2. The Balaban J connectivity index is 2.13. The highest BCUT2D eigenvalue weighted by molar-refractivity contribution is 5.99. The fraction of sp³-hybridized carbons (Fsp3) is 0.440. The molecular formula is C25H35N3O3. The topological polar surface area (TPSA) is 70.7 Å². The molecule has 2 atom stereocenters. The van der Waals surface area contributed by atoms with Gasteiger partial charge in [-0.2, -0.15) is 0 Å². The van der Waals surface area contributed by atoms with Crippen molar-refractivity contribution in [2.24, 2.45) is 5.92 Å². The number of rotatable bonds is 11. The van der Waals surface area contributed by atoms with E-state index in [-0.39, 0.29) is 23.8 Å². The molecule has 6 nitrogen and oxygen atoms in total. The van der Waals surface area contributed by atoms with Crippen LogP contribution in [0.4, 0.5) is 0 Å². The highest BCUT2D eigenvalue weighted by Gasteiger charge is 2.27. The summed E-state index contributed by atoms with van der Waals surface area (Å²) in [5.41, 5.74) is 1.57. The molecule has 0 saturated heterocycles. The molecule has 0 aliphatic rings. The number of benzene rings is 2. The molecule has 2 aromatic rings. The summed E-state index contributed by atoms with van der Waals surface area (Å²) < 4.78 is 5.28. The van der Waals surface area contributed by atoms with E-state index in [2.05, 4.69) is 41.5 Å². The van der Waals surface area contributed by atoms with Gasteiger partial charge in [0.2, 0.25) is 5.91 Å². The number of hydrogen-bond acceptors (Lipinski definition) is 4. The molecular weight excluding hydrogens is 390 g/mol. The first-order valence-electron chi connectivity index (χ1n) is 10.9. The summed E-state index contributed by atoms with van der Waals surface area (Å²) in [5.74, 6) is -0.100. The van der Waals surface area contributed by atoms with Crippen LogP contribution in [-0.2, 0) is 4.79 Å². The summed E-state index contributed by atoms with van der Waals surface area (Å²) >= 11 is 0. The largest absolute Gasteiger partial charge is 0.496 e. The van der Waals surface area contributed by atoms with Crippen molar-refractivity contribution in [2.45, 2.75) is 39.8 Å². The molecule has 2 unspecified atom stereocenters. The van der Waals surface area contributed by atoms with Crippen LogP contribution in [0.15, 0.2) is 54.6 Å². The predicted molar refractivity (Wildman–Crippen MR) is 124 cm³/mol. The molecule has 0 fully saturated rings. The molecule has 31 heavy (non-hydrogen) atoms. The molecule has 6 heteroatoms. The van der Waals surface area contributed by atoms with E-state index in [0.717, 1.165) is 18.7 Å². The van der Waals surface area contributed by atoms with Crippen molar-refractivity contribution in [3.63, 3.8) is 0 Å². The van der Waals surface area contributed by atoms with Gasteiger partial charge in [-0.05, 0) is 36.7 Å². The molecule has 0 saturated carbocycles. The van der Waals surface area contributed by atoms with Gasteiger partial charge in [0.25, 0.3) is 5.91 Å². The SMILES string of the molecule is CCN(CC)C(CNC(=O)C(NC(=O)c1ccccc1OC)C(C)C)c1ccccc1. The van der Waals surface area contributed by atoms with Crippen LogP contribution >= 0.6 is 0 Å². The zero-order valence-electron chi connectivity index (χ0n) is 19.2. The van der Waals surface area contributed by atoms with Gasteiger partial charge in [0.05, 0.1) is 18.7 Å². The van der Waals surface area contributed by atoms with E-state index in [9.17, 15) is 9.59 Å². The zero-order valence-corrected chi connectivity index (χ0v) is 19.2. The number of likely N-dealkylation sites (N-methyl/N-ethyl adjacent to an activating group) is 1. The van der Waals surface area contributed by atoms with E-state index in [1.165, 1.54) is 7.11 Å². The number of methoxy groups -OCH3 is 1. The number of hydrogen-bond donors (Lipinski definition) is 2. The Labute approximate surface area is 186 Å². The molecule has 0 radical (unpaired) electrons. The van der Waals surface area contributed by atoms with Crippen molar-refractivity contribution in [1.82, 2.24) is 15.5 Å². The summed E-state index contributed by atoms with van der Waals surface area (Å²) in [5, 5.41) is 5.95. The van der Waals surface area contributed by atoms with Crippen molar-refractivity contribution in [3.8, 4) is 5.75 Å². The van der Waals surface area contributed by atoms with Crippen LogP contribution in [0.5, 0.6) is 5.75 Å². The second kappa shape index (κ2) is 12.1. The van der Waals surface area contributed by atoms with E-state index in [0.29, 0.717) is 17.9 Å². The van der Waals surface area contributed by atoms with Crippen LogP contribution in [-0.4, -0.2) is 49.5 Å². The summed E-state index contributed by atoms with van der Waals surface area (Å²) in [6.45, 7) is 10.3. The molecule has 168 valence electrons. The van der Waals surface area contributed by atoms with Gasteiger partial charge in [0.1, 0.15) is 11.8 Å². The standard InChI is InChI=1S/C25H35N3O3/c1-6-28(7-2)21(19-13-9-8-10-14-19)17-26-25(30)23(18(3)4)27-24(29)20-15-11-12-16-22(20)31-5/h8-16,18,21,23H,6-7,17H2,1-5H3,(H,26,30)(H,27,29). The molecule has 0 aliphatic heterocycles. The molecule has 2 amide bonds. The van der Waals surface area contributed by atoms with Gasteiger partial charge in [0, 0.05) is 6.54 Å². The van der Waals surface area contributed by atoms with Crippen LogP contribution < -0.4 is 15.4 Å². The third-order valence-corrected chi connectivity index (χ3v) is 5.49. The molecule has 2 aromatic carbocycles. The van der Waals surface area contributed by atoms with Gasteiger partial charge in [0.15, 0.2) is 0 Å². The van der Waals surface area contributed by atoms with Crippen LogP contribution in [0.25, 0.3) is 0 Å². The molecule has 0 bridgehead atoms. The smallest absolute Gasteiger partial charge is 0.255 e. The minimum Gasteiger partial charge on any atom is -0.496 e. The van der Waals surface area contributed by atoms with Gasteiger partial charge in [-0.15, -0.1) is 0 Å². The molecule has 0 heterocycles. The number of para-hydroxylation sites is 1. The lowest BCUT2D eigenvalue weighted by Crippen LogP contribution is -2.51. The van der Waals surface area contributed by atoms with E-state index in [1.54, 1.807) is 24.3 Å². The minimum atomic E-state index is -0.648. The molecule has 2 rings (SSSR count). The molecule has 0 spiro atoms. The Morgan fingerprint density at radius 1 is 0.968 bits per heavy atom. The van der Waals surface area contributed by atoms with E-state index >= 15 is 0 Å². The third kappa shape index (κ3) is 6.56. The maximum absolute atomic E-state index is 13.1. The average Bonchev–Trinajstić information content (AvgIpc) is 2.80. The lowest BCUT2D eigenvalue weighted by Gasteiger charge is -2.31. The fourth-order valence-electron chi connectivity index (χ4n) is 3.69. The van der Waals surface area contributed by atoms with Crippen LogP contribution in [0.2, 0.25) is 0 Å². The van der Waals surface area contributed by atoms with Crippen LogP contribution in [0, 0.1) is 5.92 Å². The monoisotopic (exact) mass is 425 g/mol. The highest BCUT2D eigenvalue weighted by Crippen LogP contribution is 2.20. The first kappa shape index (κ1) is 24.4. The number of nitrogens with zero attached hydrogens (tertiary/aromatic N) is 1. The summed E-state index contributed by atoms with van der Waals surface area (Å²) in [6, 6.07) is 16.6. The second-order valence-corrected chi connectivity index (χ2v) is 7.79. The Morgan fingerprint density at radius 3 is 2.16 bits per heavy atom. The highest BCUT2D eigenvalue weighted by atomic mass is 16.5. The Hall–Kier alpha value is -2.86. The Morgan fingerprint density at radius 2 is 1.58 bits per heavy atom. The summed E-state index contributed by atoms with van der Waals surface area (Å²) in [7, 11) is 1.52. The number of carbonyl (C=O) groups is 2. The van der Waals surface area contributed by atoms with Crippen LogP contribution in [0.1, 0.15) is 49.7 Å². The van der Waals surface area contributed by atoms with Gasteiger partial charge < -0.3 is 15.4 Å². The van der Waals surface area contributed by atoms with Crippen molar-refractivity contribution in [1.29, 1.82) is 0 Å². The maximum atomic E-state index is 13.1. The lowest BCUT2D eigenvalue weighted by molar-refractivity contribution is -0.124.